The van der Waals surface area contributed by atoms with Crippen LogP contribution in [-0.2, 0) is 39.1 Å². The van der Waals surface area contributed by atoms with E-state index in [0.717, 1.165) is 21.8 Å². The number of rotatable bonds is 9. The van der Waals surface area contributed by atoms with Gasteiger partial charge >= 0.3 is 292 Å². The van der Waals surface area contributed by atoms with Crippen molar-refractivity contribution in [3.8, 4) is 23.0 Å². The Labute approximate surface area is 362 Å². The van der Waals surface area contributed by atoms with E-state index in [4.69, 9.17) is 47.4 Å². The Morgan fingerprint density at radius 2 is 0.717 bits per heavy atom. The summed E-state index contributed by atoms with van der Waals surface area (Å²) in [7, 11) is 0. The number of nitrogens with one attached hydrogen (secondary N) is 2. The Kier molecular flexibility index (Phi) is 19.8. The maximum atomic E-state index is 13.6. The van der Waals surface area contributed by atoms with Crippen LogP contribution >= 0.6 is 0 Å². The second-order valence-corrected chi connectivity index (χ2v) is 20.5. The van der Waals surface area contributed by atoms with Gasteiger partial charge in [-0.25, -0.2) is 0 Å². The summed E-state index contributed by atoms with van der Waals surface area (Å²) in [5.74, 6) is 1.73. The molecule has 4 aromatic carbocycles. The number of carbonyl (C=O) groups excluding carboxylic acids is 2. The molecule has 0 aliphatic carbocycles. The third-order valence-corrected chi connectivity index (χ3v) is 15.4. The fourth-order valence-corrected chi connectivity index (χ4v) is 12.4. The minimum absolute atomic E-state index is 0.202. The van der Waals surface area contributed by atoms with Gasteiger partial charge < -0.3 is 18.9 Å². The van der Waals surface area contributed by atoms with Crippen LogP contribution < -0.4 is 29.6 Å². The number of anilines is 2. The van der Waals surface area contributed by atoms with Gasteiger partial charge in [0.05, 0.1) is 52.9 Å². The second kappa shape index (κ2) is 26.2. The molecule has 0 unspecified atom stereocenters. The first-order chi connectivity index (χ1) is 29.6. The van der Waals surface area contributed by atoms with Crippen molar-refractivity contribution in [1.82, 2.24) is 0 Å². The molecule has 0 aromatic heterocycles. The van der Waals surface area contributed by atoms with E-state index in [9.17, 15) is 9.59 Å². The molecule has 14 nitrogen and oxygen atoms in total. The van der Waals surface area contributed by atoms with Crippen molar-refractivity contribution in [2.45, 2.75) is 10.6 Å². The molecule has 2 amide bonds. The molecule has 0 fully saturated rings. The molecular formula is C44H52N2O12Se2. The topological polar surface area (TPSA) is 150 Å². The van der Waals surface area contributed by atoms with Gasteiger partial charge in [0, 0.05) is 0 Å². The molecule has 60 heavy (non-hydrogen) atoms. The predicted molar refractivity (Wildman–Crippen MR) is 227 cm³/mol. The van der Waals surface area contributed by atoms with Gasteiger partial charge in [0.25, 0.3) is 0 Å². The molecule has 16 heteroatoms. The van der Waals surface area contributed by atoms with E-state index in [0.29, 0.717) is 151 Å². The Balaban J connectivity index is 1.02. The quantitative estimate of drug-likeness (QED) is 0.174. The second-order valence-electron chi connectivity index (χ2n) is 13.1. The molecule has 0 saturated carbocycles. The van der Waals surface area contributed by atoms with E-state index in [2.05, 4.69) is 10.6 Å². The van der Waals surface area contributed by atoms with Gasteiger partial charge in [-0.2, -0.15) is 0 Å². The number of carbonyl (C=O) groups is 2. The van der Waals surface area contributed by atoms with Crippen molar-refractivity contribution < 1.29 is 57.0 Å². The van der Waals surface area contributed by atoms with Crippen molar-refractivity contribution in [1.29, 1.82) is 0 Å². The summed E-state index contributed by atoms with van der Waals surface area (Å²) in [4.78, 5) is 27.3. The van der Waals surface area contributed by atoms with Gasteiger partial charge in [-0.1, -0.05) is 0 Å². The van der Waals surface area contributed by atoms with Gasteiger partial charge in [0.2, 0.25) is 0 Å². The Morgan fingerprint density at radius 3 is 1.08 bits per heavy atom. The van der Waals surface area contributed by atoms with Crippen LogP contribution in [0.1, 0.15) is 31.8 Å². The summed E-state index contributed by atoms with van der Waals surface area (Å²) >= 11 is 0.428. The van der Waals surface area contributed by atoms with E-state index < -0.39 is 0 Å². The molecule has 0 bridgehead atoms. The summed E-state index contributed by atoms with van der Waals surface area (Å²) in [6, 6.07) is 26.1. The summed E-state index contributed by atoms with van der Waals surface area (Å²) in [5.41, 5.74) is 4.38. The first-order valence-electron chi connectivity index (χ1n) is 19.9. The van der Waals surface area contributed by atoms with Gasteiger partial charge in [-0.3, -0.25) is 0 Å². The number of hydrogen-bond acceptors (Lipinski definition) is 12. The fourth-order valence-electron chi connectivity index (χ4n) is 5.90. The number of fused-ring (bicyclic) bond motifs is 2. The monoisotopic (exact) mass is 960 g/mol. The van der Waals surface area contributed by atoms with Gasteiger partial charge in [-0.05, 0) is 0 Å². The number of benzene rings is 4. The SMILES string of the molecule is O=C(Nc1ccc2c(c1)OCCOCCOCCOCCO2)c1ccccc1C[Se][Se]Cc1ccccc1C(=O)Nc1ccc2c(c1)OCCOCCOCCOCCO2. The van der Waals surface area contributed by atoms with Crippen LogP contribution in [0, 0.1) is 0 Å². The van der Waals surface area contributed by atoms with Crippen LogP contribution in [0.2, 0.25) is 0 Å². The van der Waals surface area contributed by atoms with Crippen molar-refractivity contribution >= 4 is 49.5 Å². The molecule has 2 aliphatic heterocycles. The van der Waals surface area contributed by atoms with Crippen LogP contribution in [0.4, 0.5) is 11.4 Å². The third kappa shape index (κ3) is 15.4. The Morgan fingerprint density at radius 1 is 0.400 bits per heavy atom. The predicted octanol–water partition coefficient (Wildman–Crippen LogP) is 4.86. The van der Waals surface area contributed by atoms with E-state index >= 15 is 0 Å². The number of hydrogen-bond donors (Lipinski definition) is 2. The zero-order valence-electron chi connectivity index (χ0n) is 33.5. The molecule has 0 spiro atoms. The minimum atomic E-state index is -0.202. The number of amides is 2. The van der Waals surface area contributed by atoms with Crippen LogP contribution in [0.15, 0.2) is 84.9 Å². The maximum absolute atomic E-state index is 13.6. The van der Waals surface area contributed by atoms with Gasteiger partial charge in [0.1, 0.15) is 0 Å². The summed E-state index contributed by atoms with van der Waals surface area (Å²) in [5, 5.41) is 7.65. The zero-order chi connectivity index (χ0) is 41.5. The first kappa shape index (κ1) is 45.3. The molecule has 322 valence electrons. The normalized spacial score (nSPS) is 16.5. The molecule has 4 aromatic rings. The van der Waals surface area contributed by atoms with Crippen LogP contribution in [-0.4, -0.2) is 144 Å². The summed E-state index contributed by atoms with van der Waals surface area (Å²) in [6.07, 6.45) is 0. The Bertz CT molecular complexity index is 1800. The standard InChI is InChI=1S/C44H52N2O12Se2/c47-43(45-35-9-11-39-41(29-35)57-27-23-53-19-15-49-13-17-51-21-25-55-39)37-7-3-1-5-33(37)31-59-60-32-34-6-2-4-8-38(34)44(48)46-36-10-12-40-42(30-36)58-28-24-54-20-16-50-14-18-52-22-26-56-40/h1-12,29-30H,13-28,31-32H2,(H,45,47)(H,46,48). The summed E-state index contributed by atoms with van der Waals surface area (Å²) in [6.45, 7) is 6.77. The number of ether oxygens (including phenoxy) is 10. The fraction of sp³-hybridized carbons (Fsp3) is 0.409. The average Bonchev–Trinajstić information content (AvgIpc) is 3.28. The molecular weight excluding hydrogens is 906 g/mol. The molecule has 0 saturated heterocycles. The van der Waals surface area contributed by atoms with Crippen LogP contribution in [0.5, 0.6) is 23.0 Å². The van der Waals surface area contributed by atoms with E-state index in [-0.39, 0.29) is 38.1 Å². The molecule has 2 aliphatic rings. The summed E-state index contributed by atoms with van der Waals surface area (Å²) < 4.78 is 57.2. The molecule has 2 heterocycles. The van der Waals surface area contributed by atoms with Crippen LogP contribution in [0.25, 0.3) is 0 Å². The van der Waals surface area contributed by atoms with Crippen molar-refractivity contribution in [3.05, 3.63) is 107 Å². The van der Waals surface area contributed by atoms with Gasteiger partial charge in [0.15, 0.2) is 0 Å². The zero-order valence-corrected chi connectivity index (χ0v) is 37.0. The van der Waals surface area contributed by atoms with E-state index in [1.54, 1.807) is 36.4 Å². The average molecular weight is 959 g/mol. The molecule has 0 atom stereocenters. The first-order valence-corrected chi connectivity index (χ1v) is 26.7. The van der Waals surface area contributed by atoms with Crippen molar-refractivity contribution in [2.75, 3.05) is 116 Å². The van der Waals surface area contributed by atoms with E-state index in [1.807, 2.05) is 48.5 Å². The van der Waals surface area contributed by atoms with E-state index in [1.165, 1.54) is 0 Å². The Hall–Kier alpha value is -4.18. The van der Waals surface area contributed by atoms with Crippen LogP contribution in [0.3, 0.4) is 0 Å². The third-order valence-electron chi connectivity index (χ3n) is 8.87. The molecule has 0 radical (unpaired) electrons. The van der Waals surface area contributed by atoms with Crippen molar-refractivity contribution in [2.24, 2.45) is 0 Å². The van der Waals surface area contributed by atoms with Gasteiger partial charge in [-0.15, -0.1) is 0 Å². The van der Waals surface area contributed by atoms with Crippen molar-refractivity contribution in [3.63, 3.8) is 0 Å². The molecule has 6 rings (SSSR count). The molecule has 2 N–H and O–H groups in total.